The van der Waals surface area contributed by atoms with Crippen LogP contribution in [0.2, 0.25) is 0 Å². The summed E-state index contributed by atoms with van der Waals surface area (Å²) in [5, 5.41) is 10.4. The normalized spacial score (nSPS) is 14.3. The van der Waals surface area contributed by atoms with Crippen LogP contribution in [0.5, 0.6) is 0 Å². The highest BCUT2D eigenvalue weighted by atomic mass is 19.1. The van der Waals surface area contributed by atoms with Crippen molar-refractivity contribution in [1.82, 2.24) is 20.4 Å². The van der Waals surface area contributed by atoms with E-state index in [0.29, 0.717) is 0 Å². The molecule has 0 saturated carbocycles. The van der Waals surface area contributed by atoms with Crippen LogP contribution in [0.15, 0.2) is 30.3 Å². The Bertz CT molecular complexity index is 711. The molecule has 0 aliphatic carbocycles. The molecule has 3 rings (SSSR count). The van der Waals surface area contributed by atoms with Gasteiger partial charge in [0, 0.05) is 37.9 Å². The van der Waals surface area contributed by atoms with E-state index in [1.807, 2.05) is 24.1 Å². The number of nitrogens with zero attached hydrogens (tertiary/aromatic N) is 2. The zero-order valence-electron chi connectivity index (χ0n) is 14.6. The lowest BCUT2D eigenvalue weighted by atomic mass is 10.0. The molecule has 2 heterocycles. The summed E-state index contributed by atoms with van der Waals surface area (Å²) >= 11 is 0. The highest BCUT2D eigenvalue weighted by molar-refractivity contribution is 5.79. The largest absolute Gasteiger partial charge is 0.345 e. The molecule has 0 unspecified atom stereocenters. The lowest BCUT2D eigenvalue weighted by Gasteiger charge is -2.30. The van der Waals surface area contributed by atoms with Gasteiger partial charge in [0.2, 0.25) is 5.91 Å². The maximum Gasteiger partial charge on any atom is 0.227 e. The number of aryl methyl sites for hydroxylation is 1. The molecule has 1 saturated heterocycles. The van der Waals surface area contributed by atoms with Gasteiger partial charge in [-0.15, -0.1) is 0 Å². The SMILES string of the molecule is CN(CCCCCc1cc(-c2cccc(F)c2)n[nH]1)C(=O)C1CNC1. The number of hydrogen-bond acceptors (Lipinski definition) is 3. The number of amides is 1. The molecular weight excluding hydrogens is 319 g/mol. The van der Waals surface area contributed by atoms with Crippen LogP contribution in [0.1, 0.15) is 25.0 Å². The molecule has 134 valence electrons. The monoisotopic (exact) mass is 344 g/mol. The third kappa shape index (κ3) is 4.66. The quantitative estimate of drug-likeness (QED) is 0.724. The highest BCUT2D eigenvalue weighted by Gasteiger charge is 2.27. The fraction of sp³-hybridized carbons (Fsp3) is 0.474. The Kier molecular flexibility index (Phi) is 5.81. The standard InChI is InChI=1S/C19H25FN4O/c1-24(19(25)15-12-21-13-15)9-4-2-3-8-17-11-18(23-22-17)14-6-5-7-16(20)10-14/h5-7,10-11,15,21H,2-4,8-9,12-13H2,1H3,(H,22,23). The van der Waals surface area contributed by atoms with Crippen LogP contribution >= 0.6 is 0 Å². The maximum atomic E-state index is 13.3. The minimum absolute atomic E-state index is 0.177. The van der Waals surface area contributed by atoms with Gasteiger partial charge < -0.3 is 10.2 Å². The Labute approximate surface area is 147 Å². The number of rotatable bonds is 8. The van der Waals surface area contributed by atoms with Crippen molar-refractivity contribution in [1.29, 1.82) is 0 Å². The molecule has 6 heteroatoms. The van der Waals surface area contributed by atoms with E-state index < -0.39 is 0 Å². The molecule has 0 bridgehead atoms. The average Bonchev–Trinajstić information content (AvgIpc) is 3.01. The predicted molar refractivity (Wildman–Crippen MR) is 95.5 cm³/mol. The van der Waals surface area contributed by atoms with Crippen LogP contribution in [0.4, 0.5) is 4.39 Å². The first-order chi connectivity index (χ1) is 12.1. The molecule has 1 aliphatic heterocycles. The number of halogens is 1. The van der Waals surface area contributed by atoms with E-state index in [4.69, 9.17) is 0 Å². The van der Waals surface area contributed by atoms with Crippen LogP contribution in [-0.2, 0) is 11.2 Å². The van der Waals surface area contributed by atoms with Crippen LogP contribution in [-0.4, -0.2) is 47.7 Å². The van der Waals surface area contributed by atoms with E-state index in [2.05, 4.69) is 15.5 Å². The Morgan fingerprint density at radius 3 is 2.84 bits per heavy atom. The van der Waals surface area contributed by atoms with E-state index in [1.54, 1.807) is 6.07 Å². The van der Waals surface area contributed by atoms with E-state index >= 15 is 0 Å². The number of H-pyrrole nitrogens is 1. The topological polar surface area (TPSA) is 61.0 Å². The molecule has 25 heavy (non-hydrogen) atoms. The molecule has 0 atom stereocenters. The lowest BCUT2D eigenvalue weighted by molar-refractivity contribution is -0.135. The molecule has 1 aromatic heterocycles. The number of benzene rings is 1. The summed E-state index contributed by atoms with van der Waals surface area (Å²) in [6.07, 6.45) is 4.02. The van der Waals surface area contributed by atoms with Crippen LogP contribution in [0, 0.1) is 11.7 Å². The van der Waals surface area contributed by atoms with Gasteiger partial charge in [0.1, 0.15) is 5.82 Å². The fourth-order valence-electron chi connectivity index (χ4n) is 3.01. The smallest absolute Gasteiger partial charge is 0.227 e. The molecule has 2 N–H and O–H groups in total. The third-order valence-corrected chi connectivity index (χ3v) is 4.70. The number of aromatic amines is 1. The van der Waals surface area contributed by atoms with Crippen molar-refractivity contribution < 1.29 is 9.18 Å². The fourth-order valence-corrected chi connectivity index (χ4v) is 3.01. The number of carbonyl (C=O) groups excluding carboxylic acids is 1. The molecule has 1 fully saturated rings. The number of unbranched alkanes of at least 4 members (excludes halogenated alkanes) is 2. The molecule has 0 radical (unpaired) electrons. The van der Waals surface area contributed by atoms with E-state index in [-0.39, 0.29) is 17.6 Å². The number of hydrogen-bond donors (Lipinski definition) is 2. The molecule has 1 aliphatic rings. The van der Waals surface area contributed by atoms with Crippen molar-refractivity contribution in [3.63, 3.8) is 0 Å². The van der Waals surface area contributed by atoms with E-state index in [9.17, 15) is 9.18 Å². The maximum absolute atomic E-state index is 13.3. The van der Waals surface area contributed by atoms with Crippen molar-refractivity contribution in [2.75, 3.05) is 26.7 Å². The summed E-state index contributed by atoms with van der Waals surface area (Å²) in [5.74, 6) is 0.182. The second kappa shape index (κ2) is 8.25. The predicted octanol–water partition coefficient (Wildman–Crippen LogP) is 2.61. The summed E-state index contributed by atoms with van der Waals surface area (Å²) in [6.45, 7) is 2.44. The third-order valence-electron chi connectivity index (χ3n) is 4.70. The summed E-state index contributed by atoms with van der Waals surface area (Å²) in [5.41, 5.74) is 2.62. The van der Waals surface area contributed by atoms with Crippen molar-refractivity contribution in [3.05, 3.63) is 41.8 Å². The van der Waals surface area contributed by atoms with E-state index in [1.165, 1.54) is 12.1 Å². The van der Waals surface area contributed by atoms with Crippen molar-refractivity contribution >= 4 is 5.91 Å². The minimum atomic E-state index is -0.251. The van der Waals surface area contributed by atoms with Gasteiger partial charge in [0.15, 0.2) is 0 Å². The van der Waals surface area contributed by atoms with Crippen LogP contribution in [0.25, 0.3) is 11.3 Å². The number of nitrogens with one attached hydrogen (secondary N) is 2. The second-order valence-corrected chi connectivity index (χ2v) is 6.71. The van der Waals surface area contributed by atoms with Gasteiger partial charge in [-0.3, -0.25) is 9.89 Å². The Morgan fingerprint density at radius 1 is 1.28 bits per heavy atom. The molecular formula is C19H25FN4O. The summed E-state index contributed by atoms with van der Waals surface area (Å²) < 4.78 is 13.3. The number of carbonyl (C=O) groups is 1. The zero-order chi connectivity index (χ0) is 17.6. The molecule has 0 spiro atoms. The molecule has 1 aromatic carbocycles. The van der Waals surface area contributed by atoms with Crippen LogP contribution in [0.3, 0.4) is 0 Å². The van der Waals surface area contributed by atoms with Gasteiger partial charge in [-0.1, -0.05) is 18.6 Å². The van der Waals surface area contributed by atoms with E-state index in [0.717, 1.165) is 62.3 Å². The van der Waals surface area contributed by atoms with Gasteiger partial charge in [-0.2, -0.15) is 5.10 Å². The summed E-state index contributed by atoms with van der Waals surface area (Å²) in [7, 11) is 1.89. The van der Waals surface area contributed by atoms with Crippen molar-refractivity contribution in [3.8, 4) is 11.3 Å². The molecule has 2 aromatic rings. The zero-order valence-corrected chi connectivity index (χ0v) is 14.6. The first kappa shape index (κ1) is 17.6. The first-order valence-electron chi connectivity index (χ1n) is 8.89. The van der Waals surface area contributed by atoms with Gasteiger partial charge in [0.25, 0.3) is 0 Å². The molecule has 1 amide bonds. The Morgan fingerprint density at radius 2 is 2.12 bits per heavy atom. The highest BCUT2D eigenvalue weighted by Crippen LogP contribution is 2.19. The van der Waals surface area contributed by atoms with Gasteiger partial charge >= 0.3 is 0 Å². The van der Waals surface area contributed by atoms with Crippen LogP contribution < -0.4 is 5.32 Å². The first-order valence-corrected chi connectivity index (χ1v) is 8.89. The van der Waals surface area contributed by atoms with Gasteiger partial charge in [0.05, 0.1) is 11.6 Å². The van der Waals surface area contributed by atoms with Gasteiger partial charge in [-0.25, -0.2) is 4.39 Å². The average molecular weight is 344 g/mol. The minimum Gasteiger partial charge on any atom is -0.345 e. The summed E-state index contributed by atoms with van der Waals surface area (Å²) in [6, 6.07) is 8.45. The Hall–Kier alpha value is -2.21. The lowest BCUT2D eigenvalue weighted by Crippen LogP contribution is -2.51. The number of aromatic nitrogens is 2. The summed E-state index contributed by atoms with van der Waals surface area (Å²) in [4.78, 5) is 13.9. The van der Waals surface area contributed by atoms with Crippen molar-refractivity contribution in [2.45, 2.75) is 25.7 Å². The van der Waals surface area contributed by atoms with Gasteiger partial charge in [-0.05, 0) is 37.5 Å². The molecule has 5 nitrogen and oxygen atoms in total. The second-order valence-electron chi connectivity index (χ2n) is 6.71. The van der Waals surface area contributed by atoms with Crippen molar-refractivity contribution in [2.24, 2.45) is 5.92 Å². The Balaban J connectivity index is 1.37.